The molecule has 0 saturated heterocycles. The Morgan fingerprint density at radius 3 is 2.69 bits per heavy atom. The molecule has 0 atom stereocenters. The zero-order valence-electron chi connectivity index (χ0n) is 17.3. The second-order valence-corrected chi connectivity index (χ2v) is 7.02. The molecule has 2 N–H and O–H groups in total. The monoisotopic (exact) mass is 394 g/mol. The zero-order chi connectivity index (χ0) is 20.5. The summed E-state index contributed by atoms with van der Waals surface area (Å²) in [6.07, 6.45) is 3.09. The fourth-order valence-electron chi connectivity index (χ4n) is 3.62. The lowest BCUT2D eigenvalue weighted by atomic mass is 10.1. The predicted octanol–water partition coefficient (Wildman–Crippen LogP) is 2.77. The third kappa shape index (κ3) is 5.50. The molecule has 0 bridgehead atoms. The molecule has 1 amide bonds. The summed E-state index contributed by atoms with van der Waals surface area (Å²) in [7, 11) is 3.44. The maximum absolute atomic E-state index is 12.6. The first-order chi connectivity index (χ1) is 14.2. The molecule has 1 heterocycles. The second-order valence-electron chi connectivity index (χ2n) is 7.02. The summed E-state index contributed by atoms with van der Waals surface area (Å²) >= 11 is 0. The van der Waals surface area contributed by atoms with Crippen molar-refractivity contribution in [1.82, 2.24) is 10.6 Å². The van der Waals surface area contributed by atoms with E-state index < -0.39 is 0 Å². The molecule has 0 radical (unpaired) electrons. The van der Waals surface area contributed by atoms with E-state index in [2.05, 4.69) is 27.8 Å². The number of methoxy groups -OCH3 is 1. The topological polar surface area (TPSA) is 66.0 Å². The van der Waals surface area contributed by atoms with Gasteiger partial charge in [-0.3, -0.25) is 9.79 Å². The first-order valence-corrected chi connectivity index (χ1v) is 10.2. The molecule has 2 aromatic carbocycles. The standard InChI is InChI=1S/C23H30N4O2/c1-24-23(26-16-13-19-9-4-6-11-21(19)29-2)25-15-7-12-22(28)27-17-14-18-8-3-5-10-20(18)27/h3-6,8-11H,7,12-17H2,1-2H3,(H2,24,25,26). The summed E-state index contributed by atoms with van der Waals surface area (Å²) in [6, 6.07) is 16.2. The number of fused-ring (bicyclic) bond motifs is 1. The molecule has 6 nitrogen and oxygen atoms in total. The molecule has 0 aliphatic carbocycles. The largest absolute Gasteiger partial charge is 0.496 e. The zero-order valence-corrected chi connectivity index (χ0v) is 17.3. The number of nitrogens with one attached hydrogen (secondary N) is 2. The van der Waals surface area contributed by atoms with Gasteiger partial charge in [0.1, 0.15) is 5.75 Å². The van der Waals surface area contributed by atoms with E-state index in [9.17, 15) is 4.79 Å². The van der Waals surface area contributed by atoms with Crippen LogP contribution in [0.1, 0.15) is 24.0 Å². The maximum atomic E-state index is 12.6. The number of carbonyl (C=O) groups is 1. The third-order valence-electron chi connectivity index (χ3n) is 5.15. The molecule has 0 fully saturated rings. The fourth-order valence-corrected chi connectivity index (χ4v) is 3.62. The van der Waals surface area contributed by atoms with E-state index in [0.29, 0.717) is 13.0 Å². The van der Waals surface area contributed by atoms with Crippen LogP contribution in [-0.4, -0.2) is 45.7 Å². The molecule has 0 unspecified atom stereocenters. The lowest BCUT2D eigenvalue weighted by Gasteiger charge is -2.17. The molecule has 154 valence electrons. The molecule has 29 heavy (non-hydrogen) atoms. The van der Waals surface area contributed by atoms with Crippen LogP contribution in [0.25, 0.3) is 0 Å². The van der Waals surface area contributed by atoms with E-state index in [0.717, 1.165) is 55.3 Å². The number of aliphatic imine (C=N–C) groups is 1. The molecule has 2 aromatic rings. The molecule has 0 spiro atoms. The van der Waals surface area contributed by atoms with Gasteiger partial charge in [0.25, 0.3) is 0 Å². The summed E-state index contributed by atoms with van der Waals surface area (Å²) < 4.78 is 5.39. The summed E-state index contributed by atoms with van der Waals surface area (Å²) in [5.74, 6) is 1.84. The van der Waals surface area contributed by atoms with Crippen molar-refractivity contribution in [2.75, 3.05) is 38.7 Å². The first-order valence-electron chi connectivity index (χ1n) is 10.2. The van der Waals surface area contributed by atoms with Gasteiger partial charge in [-0.1, -0.05) is 36.4 Å². The number of benzene rings is 2. The normalized spacial score (nSPS) is 13.2. The van der Waals surface area contributed by atoms with Crippen molar-refractivity contribution in [2.24, 2.45) is 4.99 Å². The molecule has 1 aliphatic rings. The number of rotatable bonds is 8. The number of guanidine groups is 1. The molecular formula is C23H30N4O2. The lowest BCUT2D eigenvalue weighted by Crippen LogP contribution is -2.39. The number of carbonyl (C=O) groups excluding carboxylic acids is 1. The lowest BCUT2D eigenvalue weighted by molar-refractivity contribution is -0.118. The Bertz CT molecular complexity index is 850. The van der Waals surface area contributed by atoms with Gasteiger partial charge in [-0.05, 0) is 42.5 Å². The van der Waals surface area contributed by atoms with Crippen molar-refractivity contribution < 1.29 is 9.53 Å². The fraction of sp³-hybridized carbons (Fsp3) is 0.391. The Morgan fingerprint density at radius 2 is 1.86 bits per heavy atom. The van der Waals surface area contributed by atoms with Gasteiger partial charge in [0.15, 0.2) is 5.96 Å². The highest BCUT2D eigenvalue weighted by molar-refractivity contribution is 5.95. The van der Waals surface area contributed by atoms with Gasteiger partial charge < -0.3 is 20.3 Å². The average Bonchev–Trinajstić information content (AvgIpc) is 3.20. The predicted molar refractivity (Wildman–Crippen MR) is 118 cm³/mol. The Balaban J connectivity index is 1.36. The van der Waals surface area contributed by atoms with E-state index in [1.165, 1.54) is 5.56 Å². The number of hydrogen-bond donors (Lipinski definition) is 2. The number of hydrogen-bond acceptors (Lipinski definition) is 3. The highest BCUT2D eigenvalue weighted by Gasteiger charge is 2.23. The summed E-state index contributed by atoms with van der Waals surface area (Å²) in [5.41, 5.74) is 3.49. The smallest absolute Gasteiger partial charge is 0.227 e. The Labute approximate surface area is 173 Å². The van der Waals surface area contributed by atoms with Gasteiger partial charge in [0.05, 0.1) is 7.11 Å². The highest BCUT2D eigenvalue weighted by Crippen LogP contribution is 2.27. The van der Waals surface area contributed by atoms with Crippen LogP contribution in [0.5, 0.6) is 5.75 Å². The minimum atomic E-state index is 0.191. The van der Waals surface area contributed by atoms with E-state index in [1.54, 1.807) is 14.2 Å². The molecule has 0 aromatic heterocycles. The minimum Gasteiger partial charge on any atom is -0.496 e. The summed E-state index contributed by atoms with van der Waals surface area (Å²) in [4.78, 5) is 18.7. The molecule has 1 aliphatic heterocycles. The van der Waals surface area contributed by atoms with Gasteiger partial charge in [-0.15, -0.1) is 0 Å². The van der Waals surface area contributed by atoms with Crippen LogP contribution in [0.3, 0.4) is 0 Å². The number of nitrogens with zero attached hydrogens (tertiary/aromatic N) is 2. The van der Waals surface area contributed by atoms with Gasteiger partial charge in [-0.2, -0.15) is 0 Å². The van der Waals surface area contributed by atoms with Crippen LogP contribution in [0.2, 0.25) is 0 Å². The van der Waals surface area contributed by atoms with Crippen molar-refractivity contribution in [1.29, 1.82) is 0 Å². The van der Waals surface area contributed by atoms with Gasteiger partial charge in [0.2, 0.25) is 5.91 Å². The van der Waals surface area contributed by atoms with Crippen molar-refractivity contribution >= 4 is 17.6 Å². The number of anilines is 1. The van der Waals surface area contributed by atoms with E-state index in [4.69, 9.17) is 4.74 Å². The molecule has 3 rings (SSSR count). The van der Waals surface area contributed by atoms with Crippen LogP contribution in [-0.2, 0) is 17.6 Å². The Kier molecular flexibility index (Phi) is 7.50. The van der Waals surface area contributed by atoms with Crippen LogP contribution < -0.4 is 20.3 Å². The number of para-hydroxylation sites is 2. The van der Waals surface area contributed by atoms with Crippen molar-refractivity contribution in [3.05, 3.63) is 59.7 Å². The molecule has 6 heteroatoms. The highest BCUT2D eigenvalue weighted by atomic mass is 16.5. The maximum Gasteiger partial charge on any atom is 0.227 e. The number of ether oxygens (including phenoxy) is 1. The van der Waals surface area contributed by atoms with Crippen molar-refractivity contribution in [2.45, 2.75) is 25.7 Å². The third-order valence-corrected chi connectivity index (χ3v) is 5.15. The van der Waals surface area contributed by atoms with Crippen LogP contribution in [0.15, 0.2) is 53.5 Å². The SMILES string of the molecule is CN=C(NCCCC(=O)N1CCc2ccccc21)NCCc1ccccc1OC. The summed E-state index contributed by atoms with van der Waals surface area (Å²) in [6.45, 7) is 2.25. The Morgan fingerprint density at radius 1 is 1.10 bits per heavy atom. The molecule has 0 saturated carbocycles. The average molecular weight is 395 g/mol. The first kappa shape index (κ1) is 20.7. The van der Waals surface area contributed by atoms with Gasteiger partial charge in [0, 0.05) is 38.8 Å². The van der Waals surface area contributed by atoms with Gasteiger partial charge in [-0.25, -0.2) is 0 Å². The van der Waals surface area contributed by atoms with Gasteiger partial charge >= 0.3 is 0 Å². The van der Waals surface area contributed by atoms with Crippen molar-refractivity contribution in [3.8, 4) is 5.75 Å². The second kappa shape index (κ2) is 10.5. The molecular weight excluding hydrogens is 364 g/mol. The quantitative estimate of drug-likeness (QED) is 0.411. The minimum absolute atomic E-state index is 0.191. The van der Waals surface area contributed by atoms with Crippen molar-refractivity contribution in [3.63, 3.8) is 0 Å². The van der Waals surface area contributed by atoms with E-state index >= 15 is 0 Å². The van der Waals surface area contributed by atoms with Crippen LogP contribution in [0.4, 0.5) is 5.69 Å². The van der Waals surface area contributed by atoms with Crippen LogP contribution >= 0.6 is 0 Å². The number of amides is 1. The Hall–Kier alpha value is -3.02. The van der Waals surface area contributed by atoms with E-state index in [-0.39, 0.29) is 5.91 Å². The van der Waals surface area contributed by atoms with E-state index in [1.807, 2.05) is 41.3 Å². The summed E-state index contributed by atoms with van der Waals surface area (Å²) in [5, 5.41) is 6.60. The van der Waals surface area contributed by atoms with Crippen LogP contribution in [0, 0.1) is 0 Å².